The van der Waals surface area contributed by atoms with Gasteiger partial charge in [0.1, 0.15) is 5.75 Å². The Morgan fingerprint density at radius 1 is 1.45 bits per heavy atom. The maximum Gasteiger partial charge on any atom is 0.340 e. The molecule has 104 valence electrons. The highest BCUT2D eigenvalue weighted by Gasteiger charge is 2.16. The van der Waals surface area contributed by atoms with Gasteiger partial charge in [0, 0.05) is 5.38 Å². The van der Waals surface area contributed by atoms with Gasteiger partial charge in [0.05, 0.1) is 17.9 Å². The molecule has 0 atom stereocenters. The first-order valence-electron chi connectivity index (χ1n) is 5.99. The van der Waals surface area contributed by atoms with Crippen LogP contribution >= 0.6 is 11.3 Å². The topological polar surface area (TPSA) is 85.4 Å². The zero-order chi connectivity index (χ0) is 14.5. The Morgan fingerprint density at radius 3 is 2.70 bits per heavy atom. The molecule has 0 fully saturated rings. The highest BCUT2D eigenvalue weighted by atomic mass is 32.1. The minimum Gasteiger partial charge on any atom is -0.508 e. The van der Waals surface area contributed by atoms with Gasteiger partial charge in [-0.1, -0.05) is 12.1 Å². The Labute approximate surface area is 120 Å². The van der Waals surface area contributed by atoms with E-state index >= 15 is 0 Å². The standard InChI is InChI=1S/C14H14N2O3S/c1-2-19-13(18)11(12-8-20-14(15)16-12)7-9-3-5-10(17)6-4-9/h3-8,17H,2H2,1H3,(H2,15,16). The lowest BCUT2D eigenvalue weighted by Gasteiger charge is -2.05. The molecule has 0 aliphatic rings. The first-order valence-corrected chi connectivity index (χ1v) is 6.87. The van der Waals surface area contributed by atoms with Gasteiger partial charge in [-0.2, -0.15) is 0 Å². The Balaban J connectivity index is 2.40. The van der Waals surface area contributed by atoms with E-state index in [1.54, 1.807) is 42.6 Å². The second-order valence-corrected chi connectivity index (χ2v) is 4.83. The number of phenolic OH excluding ortho intramolecular Hbond substituents is 1. The second-order valence-electron chi connectivity index (χ2n) is 3.94. The molecule has 2 aromatic rings. The first-order chi connectivity index (χ1) is 9.60. The van der Waals surface area contributed by atoms with Crippen molar-refractivity contribution in [2.45, 2.75) is 6.92 Å². The minimum absolute atomic E-state index is 0.165. The number of ether oxygens (including phenoxy) is 1. The van der Waals surface area contributed by atoms with E-state index < -0.39 is 5.97 Å². The zero-order valence-electron chi connectivity index (χ0n) is 10.9. The van der Waals surface area contributed by atoms with Crippen molar-refractivity contribution in [2.75, 3.05) is 12.3 Å². The number of hydrogen-bond acceptors (Lipinski definition) is 6. The number of phenols is 1. The van der Waals surface area contributed by atoms with Crippen LogP contribution in [-0.4, -0.2) is 22.7 Å². The van der Waals surface area contributed by atoms with E-state index in [1.165, 1.54) is 11.3 Å². The van der Waals surface area contributed by atoms with Crippen LogP contribution in [0, 0.1) is 0 Å². The van der Waals surface area contributed by atoms with Crippen molar-refractivity contribution in [2.24, 2.45) is 0 Å². The van der Waals surface area contributed by atoms with Gasteiger partial charge in [0.25, 0.3) is 0 Å². The number of aromatic nitrogens is 1. The lowest BCUT2D eigenvalue weighted by Crippen LogP contribution is -2.07. The highest BCUT2D eigenvalue weighted by Crippen LogP contribution is 2.23. The molecule has 0 saturated heterocycles. The number of benzene rings is 1. The number of hydrogen-bond donors (Lipinski definition) is 2. The fourth-order valence-corrected chi connectivity index (χ4v) is 2.16. The summed E-state index contributed by atoms with van der Waals surface area (Å²) in [5.41, 5.74) is 7.18. The van der Waals surface area contributed by atoms with Crippen LogP contribution in [0.1, 0.15) is 18.2 Å². The molecule has 0 aliphatic heterocycles. The molecule has 3 N–H and O–H groups in total. The number of aromatic hydroxyl groups is 1. The van der Waals surface area contributed by atoms with Crippen molar-refractivity contribution in [3.05, 3.63) is 40.9 Å². The number of esters is 1. The molecule has 1 aromatic carbocycles. The largest absolute Gasteiger partial charge is 0.508 e. The minimum atomic E-state index is -0.453. The molecule has 20 heavy (non-hydrogen) atoms. The Bertz CT molecular complexity index is 632. The fourth-order valence-electron chi connectivity index (χ4n) is 1.59. The number of rotatable bonds is 4. The van der Waals surface area contributed by atoms with Crippen LogP contribution in [0.5, 0.6) is 5.75 Å². The van der Waals surface area contributed by atoms with Gasteiger partial charge in [-0.25, -0.2) is 9.78 Å². The predicted octanol–water partition coefficient (Wildman–Crippen LogP) is 2.53. The van der Waals surface area contributed by atoms with Gasteiger partial charge in [-0.15, -0.1) is 11.3 Å². The molecule has 5 nitrogen and oxygen atoms in total. The van der Waals surface area contributed by atoms with Crippen LogP contribution in [0.15, 0.2) is 29.6 Å². The summed E-state index contributed by atoms with van der Waals surface area (Å²) in [5, 5.41) is 11.4. The summed E-state index contributed by atoms with van der Waals surface area (Å²) < 4.78 is 5.03. The van der Waals surface area contributed by atoms with Gasteiger partial charge in [-0.05, 0) is 30.7 Å². The summed E-state index contributed by atoms with van der Waals surface area (Å²) in [4.78, 5) is 16.1. The molecule has 2 rings (SSSR count). The third-order valence-electron chi connectivity index (χ3n) is 2.50. The molecule has 6 heteroatoms. The first kappa shape index (κ1) is 14.1. The van der Waals surface area contributed by atoms with Gasteiger partial charge >= 0.3 is 5.97 Å². The van der Waals surface area contributed by atoms with E-state index in [0.29, 0.717) is 16.4 Å². The number of carbonyl (C=O) groups is 1. The van der Waals surface area contributed by atoms with Crippen LogP contribution in [0.25, 0.3) is 11.6 Å². The van der Waals surface area contributed by atoms with E-state index in [9.17, 15) is 9.90 Å². The molecule has 0 radical (unpaired) electrons. The van der Waals surface area contributed by atoms with Crippen molar-refractivity contribution in [3.8, 4) is 5.75 Å². The highest BCUT2D eigenvalue weighted by molar-refractivity contribution is 7.13. The van der Waals surface area contributed by atoms with Crippen LogP contribution in [0.2, 0.25) is 0 Å². The maximum absolute atomic E-state index is 12.0. The van der Waals surface area contributed by atoms with Crippen LogP contribution < -0.4 is 5.73 Å². The smallest absolute Gasteiger partial charge is 0.340 e. The number of nitrogen functional groups attached to an aromatic ring is 1. The zero-order valence-corrected chi connectivity index (χ0v) is 11.7. The molecule has 0 saturated carbocycles. The second kappa shape index (κ2) is 6.21. The van der Waals surface area contributed by atoms with Crippen molar-refractivity contribution >= 4 is 34.1 Å². The van der Waals surface area contributed by atoms with Crippen LogP contribution in [0.3, 0.4) is 0 Å². The van der Waals surface area contributed by atoms with Gasteiger partial charge in [-0.3, -0.25) is 0 Å². The monoisotopic (exact) mass is 290 g/mol. The van der Waals surface area contributed by atoms with Gasteiger partial charge in [0.2, 0.25) is 0 Å². The quantitative estimate of drug-likeness (QED) is 0.667. The van der Waals surface area contributed by atoms with Crippen molar-refractivity contribution in [1.29, 1.82) is 0 Å². The molecular weight excluding hydrogens is 276 g/mol. The molecule has 1 aromatic heterocycles. The van der Waals surface area contributed by atoms with E-state index in [0.717, 1.165) is 5.56 Å². The number of carbonyl (C=O) groups excluding carboxylic acids is 1. The number of anilines is 1. The fraction of sp³-hybridized carbons (Fsp3) is 0.143. The van der Waals surface area contributed by atoms with E-state index in [-0.39, 0.29) is 12.4 Å². The van der Waals surface area contributed by atoms with E-state index in [2.05, 4.69) is 4.98 Å². The van der Waals surface area contributed by atoms with Crippen molar-refractivity contribution in [1.82, 2.24) is 4.98 Å². The molecule has 0 spiro atoms. The molecule has 1 heterocycles. The average molecular weight is 290 g/mol. The predicted molar refractivity (Wildman–Crippen MR) is 79.1 cm³/mol. The molecule has 0 aliphatic carbocycles. The summed E-state index contributed by atoms with van der Waals surface area (Å²) in [6.07, 6.45) is 1.66. The molecular formula is C14H14N2O3S. The Hall–Kier alpha value is -2.34. The van der Waals surface area contributed by atoms with E-state index in [1.807, 2.05) is 0 Å². The molecule has 0 unspecified atom stereocenters. The Kier molecular flexibility index (Phi) is 4.37. The summed E-state index contributed by atoms with van der Waals surface area (Å²) in [6.45, 7) is 2.02. The average Bonchev–Trinajstić information content (AvgIpc) is 2.84. The summed E-state index contributed by atoms with van der Waals surface area (Å²) in [5.74, 6) is -0.288. The molecule has 0 bridgehead atoms. The Morgan fingerprint density at radius 2 is 2.15 bits per heavy atom. The third-order valence-corrected chi connectivity index (χ3v) is 3.17. The molecule has 0 amide bonds. The van der Waals surface area contributed by atoms with Crippen LogP contribution in [0.4, 0.5) is 5.13 Å². The number of nitrogens with two attached hydrogens (primary N) is 1. The van der Waals surface area contributed by atoms with Crippen LogP contribution in [-0.2, 0) is 9.53 Å². The van der Waals surface area contributed by atoms with Crippen molar-refractivity contribution < 1.29 is 14.6 Å². The summed E-state index contributed by atoms with van der Waals surface area (Å²) >= 11 is 1.26. The van der Waals surface area contributed by atoms with Crippen molar-refractivity contribution in [3.63, 3.8) is 0 Å². The summed E-state index contributed by atoms with van der Waals surface area (Å²) in [7, 11) is 0. The lowest BCUT2D eigenvalue weighted by molar-refractivity contribution is -0.136. The number of thiazole rings is 1. The van der Waals surface area contributed by atoms with E-state index in [4.69, 9.17) is 10.5 Å². The summed E-state index contributed by atoms with van der Waals surface area (Å²) in [6, 6.07) is 6.49. The maximum atomic E-state index is 12.0. The number of nitrogens with zero attached hydrogens (tertiary/aromatic N) is 1. The van der Waals surface area contributed by atoms with Gasteiger partial charge in [0.15, 0.2) is 5.13 Å². The van der Waals surface area contributed by atoms with Gasteiger partial charge < -0.3 is 15.6 Å². The lowest BCUT2D eigenvalue weighted by atomic mass is 10.1. The SMILES string of the molecule is CCOC(=O)C(=Cc1ccc(O)cc1)c1csc(N)n1. The third kappa shape index (κ3) is 3.36. The normalized spacial score (nSPS) is 11.3.